The van der Waals surface area contributed by atoms with E-state index in [1.165, 1.54) is 6.92 Å². The van der Waals surface area contributed by atoms with Gasteiger partial charge in [-0.25, -0.2) is 0 Å². The van der Waals surface area contributed by atoms with Crippen LogP contribution in [0, 0.1) is 0 Å². The third kappa shape index (κ3) is 6.51. The van der Waals surface area contributed by atoms with E-state index in [2.05, 4.69) is 21.3 Å². The smallest absolute Gasteiger partial charge is 0.221 e. The van der Waals surface area contributed by atoms with Gasteiger partial charge in [-0.2, -0.15) is 0 Å². The zero-order valence-electron chi connectivity index (χ0n) is 14.6. The Morgan fingerprint density at radius 1 is 1.04 bits per heavy atom. The first-order valence-electron chi connectivity index (χ1n) is 8.00. The number of carbonyl (C=O) groups is 1. The fourth-order valence-electron chi connectivity index (χ4n) is 2.09. The Balaban J connectivity index is 1.90. The average Bonchev–Trinajstić information content (AvgIpc) is 2.58. The number of amides is 1. The molecular weight excluding hydrogens is 372 g/mol. The molecule has 8 heteroatoms. The Bertz CT molecular complexity index is 768. The van der Waals surface area contributed by atoms with Crippen molar-refractivity contribution in [1.29, 1.82) is 0 Å². The van der Waals surface area contributed by atoms with Crippen LogP contribution < -0.4 is 26.0 Å². The largest absolute Gasteiger partial charge is 0.491 e. The maximum Gasteiger partial charge on any atom is 0.221 e. The number of rotatable bonds is 7. The molecule has 2 rings (SSSR count). The topological polar surface area (TPSA) is 74.4 Å². The number of hydrogen-bond acceptors (Lipinski definition) is 4. The third-order valence-electron chi connectivity index (χ3n) is 3.26. The molecule has 0 aliphatic heterocycles. The predicted octanol–water partition coefficient (Wildman–Crippen LogP) is 3.71. The van der Waals surface area contributed by atoms with Gasteiger partial charge in [-0.1, -0.05) is 11.6 Å². The van der Waals surface area contributed by atoms with E-state index in [0.717, 1.165) is 23.6 Å². The van der Waals surface area contributed by atoms with Crippen molar-refractivity contribution in [3.63, 3.8) is 0 Å². The summed E-state index contributed by atoms with van der Waals surface area (Å²) in [5.74, 6) is 0.512. The molecule has 0 atom stereocenters. The molecule has 2 aromatic carbocycles. The molecule has 0 aliphatic rings. The first-order valence-corrected chi connectivity index (χ1v) is 8.79. The van der Waals surface area contributed by atoms with Crippen LogP contribution in [-0.2, 0) is 4.79 Å². The summed E-state index contributed by atoms with van der Waals surface area (Å²) in [5.41, 5.74) is 2.28. The van der Waals surface area contributed by atoms with Gasteiger partial charge in [0.05, 0.1) is 5.02 Å². The molecule has 0 saturated carbocycles. The highest BCUT2D eigenvalue weighted by Gasteiger charge is 2.05. The summed E-state index contributed by atoms with van der Waals surface area (Å²) in [5, 5.41) is 12.8. The molecule has 26 heavy (non-hydrogen) atoms. The SMILES string of the molecule is CNCCOc1ccc(NC(=S)Nc2ccc(NC(C)=O)cc2)cc1Cl. The minimum Gasteiger partial charge on any atom is -0.491 e. The molecule has 0 aromatic heterocycles. The Kier molecular flexibility index (Phi) is 7.65. The summed E-state index contributed by atoms with van der Waals surface area (Å²) in [6.45, 7) is 2.75. The van der Waals surface area contributed by atoms with Gasteiger partial charge in [0, 0.05) is 30.5 Å². The summed E-state index contributed by atoms with van der Waals surface area (Å²) >= 11 is 11.5. The Hall–Kier alpha value is -2.35. The minimum atomic E-state index is -0.113. The minimum absolute atomic E-state index is 0.113. The van der Waals surface area contributed by atoms with E-state index in [0.29, 0.717) is 22.5 Å². The van der Waals surface area contributed by atoms with E-state index in [1.807, 2.05) is 25.2 Å². The molecule has 4 N–H and O–H groups in total. The van der Waals surface area contributed by atoms with Crippen LogP contribution in [0.5, 0.6) is 5.75 Å². The highest BCUT2D eigenvalue weighted by atomic mass is 35.5. The van der Waals surface area contributed by atoms with Gasteiger partial charge >= 0.3 is 0 Å². The van der Waals surface area contributed by atoms with Gasteiger partial charge < -0.3 is 26.0 Å². The van der Waals surface area contributed by atoms with Crippen LogP contribution in [0.4, 0.5) is 17.1 Å². The Labute approximate surface area is 163 Å². The van der Waals surface area contributed by atoms with Crippen LogP contribution in [0.2, 0.25) is 5.02 Å². The molecule has 1 amide bonds. The van der Waals surface area contributed by atoms with Gasteiger partial charge in [0.15, 0.2) is 5.11 Å². The van der Waals surface area contributed by atoms with Gasteiger partial charge in [0.1, 0.15) is 12.4 Å². The van der Waals surface area contributed by atoms with Gasteiger partial charge in [0.25, 0.3) is 0 Å². The van der Waals surface area contributed by atoms with Gasteiger partial charge in [-0.15, -0.1) is 0 Å². The molecule has 6 nitrogen and oxygen atoms in total. The fraction of sp³-hybridized carbons (Fsp3) is 0.222. The average molecular weight is 393 g/mol. The second kappa shape index (κ2) is 9.96. The molecular formula is C18H21ClN4O2S. The van der Waals surface area contributed by atoms with E-state index in [4.69, 9.17) is 28.6 Å². The zero-order valence-corrected chi connectivity index (χ0v) is 16.1. The summed E-state index contributed by atoms with van der Waals surface area (Å²) in [7, 11) is 1.86. The number of benzene rings is 2. The number of halogens is 1. The highest BCUT2D eigenvalue weighted by Crippen LogP contribution is 2.27. The van der Waals surface area contributed by atoms with E-state index in [9.17, 15) is 4.79 Å². The molecule has 0 saturated heterocycles. The van der Waals surface area contributed by atoms with Gasteiger partial charge in [0.2, 0.25) is 5.91 Å². The van der Waals surface area contributed by atoms with Crippen LogP contribution in [0.1, 0.15) is 6.92 Å². The first-order chi connectivity index (χ1) is 12.5. The molecule has 138 valence electrons. The van der Waals surface area contributed by atoms with Crippen molar-refractivity contribution in [3.8, 4) is 5.75 Å². The van der Waals surface area contributed by atoms with Gasteiger partial charge in [-0.3, -0.25) is 4.79 Å². The van der Waals surface area contributed by atoms with Crippen LogP contribution in [0.3, 0.4) is 0 Å². The number of ether oxygens (including phenoxy) is 1. The summed E-state index contributed by atoms with van der Waals surface area (Å²) in [6.07, 6.45) is 0. The van der Waals surface area contributed by atoms with E-state index in [-0.39, 0.29) is 5.91 Å². The van der Waals surface area contributed by atoms with Crippen molar-refractivity contribution < 1.29 is 9.53 Å². The zero-order chi connectivity index (χ0) is 18.9. The summed E-state index contributed by atoms with van der Waals surface area (Å²) < 4.78 is 5.57. The monoisotopic (exact) mass is 392 g/mol. The van der Waals surface area contributed by atoms with E-state index < -0.39 is 0 Å². The van der Waals surface area contributed by atoms with Crippen molar-refractivity contribution in [3.05, 3.63) is 47.5 Å². The number of likely N-dealkylation sites (N-methyl/N-ethyl adjacent to an activating group) is 1. The summed E-state index contributed by atoms with van der Waals surface area (Å²) in [6, 6.07) is 12.6. The molecule has 0 unspecified atom stereocenters. The second-order valence-corrected chi connectivity index (χ2v) is 6.25. The number of hydrogen-bond donors (Lipinski definition) is 4. The molecule has 0 aliphatic carbocycles. The number of anilines is 3. The third-order valence-corrected chi connectivity index (χ3v) is 3.76. The highest BCUT2D eigenvalue weighted by molar-refractivity contribution is 7.80. The Morgan fingerprint density at radius 3 is 2.19 bits per heavy atom. The van der Waals surface area contributed by atoms with Crippen LogP contribution in [0.15, 0.2) is 42.5 Å². The lowest BCUT2D eigenvalue weighted by atomic mass is 10.2. The predicted molar refractivity (Wildman–Crippen MR) is 111 cm³/mol. The molecule has 0 heterocycles. The van der Waals surface area contributed by atoms with Crippen molar-refractivity contribution in [2.45, 2.75) is 6.92 Å². The molecule has 2 aromatic rings. The standard InChI is InChI=1S/C18H21ClN4O2S/c1-12(24)21-13-3-5-14(6-4-13)22-18(26)23-15-7-8-17(16(19)11-15)25-10-9-20-2/h3-8,11,20H,9-10H2,1-2H3,(H,21,24)(H2,22,23,26). The van der Waals surface area contributed by atoms with E-state index >= 15 is 0 Å². The summed E-state index contributed by atoms with van der Waals surface area (Å²) in [4.78, 5) is 11.0. The Morgan fingerprint density at radius 2 is 1.62 bits per heavy atom. The maximum absolute atomic E-state index is 11.0. The van der Waals surface area contributed by atoms with Crippen molar-refractivity contribution in [2.24, 2.45) is 0 Å². The number of nitrogens with one attached hydrogen (secondary N) is 4. The maximum atomic E-state index is 11.0. The lowest BCUT2D eigenvalue weighted by Gasteiger charge is -2.13. The van der Waals surface area contributed by atoms with Crippen LogP contribution in [0.25, 0.3) is 0 Å². The quantitative estimate of drug-likeness (QED) is 0.425. The lowest BCUT2D eigenvalue weighted by molar-refractivity contribution is -0.114. The van der Waals surface area contributed by atoms with Crippen molar-refractivity contribution in [2.75, 3.05) is 36.1 Å². The fourth-order valence-corrected chi connectivity index (χ4v) is 2.56. The van der Waals surface area contributed by atoms with Crippen molar-refractivity contribution >= 4 is 51.9 Å². The molecule has 0 radical (unpaired) electrons. The first kappa shape index (κ1) is 20.0. The van der Waals surface area contributed by atoms with E-state index in [1.54, 1.807) is 24.3 Å². The van der Waals surface area contributed by atoms with Crippen molar-refractivity contribution in [1.82, 2.24) is 5.32 Å². The number of carbonyl (C=O) groups excluding carboxylic acids is 1. The van der Waals surface area contributed by atoms with Gasteiger partial charge in [-0.05, 0) is 61.7 Å². The van der Waals surface area contributed by atoms with Crippen LogP contribution in [-0.4, -0.2) is 31.2 Å². The molecule has 0 fully saturated rings. The number of thiocarbonyl (C=S) groups is 1. The van der Waals surface area contributed by atoms with Crippen LogP contribution >= 0.6 is 23.8 Å². The normalized spacial score (nSPS) is 10.1. The molecule has 0 spiro atoms. The lowest BCUT2D eigenvalue weighted by Crippen LogP contribution is -2.19. The second-order valence-electron chi connectivity index (χ2n) is 5.43. The molecule has 0 bridgehead atoms.